The lowest BCUT2D eigenvalue weighted by molar-refractivity contribution is 0.522. The summed E-state index contributed by atoms with van der Waals surface area (Å²) in [5.41, 5.74) is -0.166. The number of hydrogen-bond donors (Lipinski definition) is 2. The van der Waals surface area contributed by atoms with Crippen molar-refractivity contribution in [1.29, 1.82) is 0 Å². The maximum absolute atomic E-state index is 11.8. The molecule has 1 saturated heterocycles. The molecule has 7 nitrogen and oxygen atoms in total. The van der Waals surface area contributed by atoms with Gasteiger partial charge in [0.25, 0.3) is 5.56 Å². The lowest BCUT2D eigenvalue weighted by Gasteiger charge is -2.33. The Morgan fingerprint density at radius 3 is 2.90 bits per heavy atom. The number of nitrogens with zero attached hydrogens (tertiary/aromatic N) is 4. The number of H-pyrrole nitrogens is 1. The molecule has 21 heavy (non-hydrogen) atoms. The van der Waals surface area contributed by atoms with Crippen LogP contribution in [0.15, 0.2) is 29.6 Å². The largest absolute Gasteiger partial charge is 0.350 e. The van der Waals surface area contributed by atoms with Crippen molar-refractivity contribution in [3.8, 4) is 0 Å². The monoisotopic (exact) mass is 306 g/mol. The van der Waals surface area contributed by atoms with E-state index in [1.165, 1.54) is 6.20 Å². The second-order valence-electron chi connectivity index (χ2n) is 4.90. The van der Waals surface area contributed by atoms with Gasteiger partial charge in [-0.2, -0.15) is 0 Å². The molecule has 0 aromatic carbocycles. The Morgan fingerprint density at radius 1 is 1.33 bits per heavy atom. The normalized spacial score (nSPS) is 18.5. The molecule has 3 rings (SSSR count). The van der Waals surface area contributed by atoms with Crippen LogP contribution in [0.3, 0.4) is 0 Å². The zero-order chi connectivity index (χ0) is 14.7. The van der Waals surface area contributed by atoms with Gasteiger partial charge in [0.15, 0.2) is 5.82 Å². The Hall–Kier alpha value is -2.15. The van der Waals surface area contributed by atoms with E-state index in [4.69, 9.17) is 11.6 Å². The standard InChI is InChI=1S/C13H15ClN6O/c14-9-6-17-13(18-7-9)19-10-2-1-5-20(8-10)11-12(21)16-4-3-15-11/h3-4,6-7,10H,1-2,5,8H2,(H,16,21)(H,17,18,19)/t10-/m1/s1. The first-order valence-corrected chi connectivity index (χ1v) is 7.13. The van der Waals surface area contributed by atoms with E-state index in [0.717, 1.165) is 19.4 Å². The summed E-state index contributed by atoms with van der Waals surface area (Å²) in [6, 6.07) is 0.168. The van der Waals surface area contributed by atoms with Gasteiger partial charge in [0, 0.05) is 31.5 Å². The summed E-state index contributed by atoms with van der Waals surface area (Å²) < 4.78 is 0. The summed E-state index contributed by atoms with van der Waals surface area (Å²) in [4.78, 5) is 28.9. The highest BCUT2D eigenvalue weighted by molar-refractivity contribution is 6.30. The Balaban J connectivity index is 1.70. The molecule has 3 heterocycles. The van der Waals surface area contributed by atoms with Crippen molar-refractivity contribution >= 4 is 23.4 Å². The smallest absolute Gasteiger partial charge is 0.290 e. The Morgan fingerprint density at radius 2 is 2.14 bits per heavy atom. The van der Waals surface area contributed by atoms with Gasteiger partial charge in [-0.1, -0.05) is 11.6 Å². The molecule has 1 aliphatic rings. The van der Waals surface area contributed by atoms with E-state index >= 15 is 0 Å². The van der Waals surface area contributed by atoms with E-state index < -0.39 is 0 Å². The molecule has 1 fully saturated rings. The first kappa shape index (κ1) is 13.8. The molecule has 0 bridgehead atoms. The second kappa shape index (κ2) is 6.09. The maximum Gasteiger partial charge on any atom is 0.290 e. The Bertz CT molecular complexity index is 658. The molecule has 0 radical (unpaired) electrons. The number of halogens is 1. The fourth-order valence-electron chi connectivity index (χ4n) is 2.43. The first-order chi connectivity index (χ1) is 10.2. The quantitative estimate of drug-likeness (QED) is 0.888. The number of rotatable bonds is 3. The van der Waals surface area contributed by atoms with Gasteiger partial charge in [-0.15, -0.1) is 0 Å². The fourth-order valence-corrected chi connectivity index (χ4v) is 2.52. The van der Waals surface area contributed by atoms with E-state index in [1.54, 1.807) is 18.6 Å². The number of nitrogens with one attached hydrogen (secondary N) is 2. The Labute approximate surface area is 126 Å². The SMILES string of the molecule is O=c1[nH]ccnc1N1CCC[C@@H](Nc2ncc(Cl)cn2)C1. The van der Waals surface area contributed by atoms with Gasteiger partial charge < -0.3 is 15.2 Å². The van der Waals surface area contributed by atoms with Gasteiger partial charge in [0.2, 0.25) is 5.95 Å². The van der Waals surface area contributed by atoms with Crippen LogP contribution >= 0.6 is 11.6 Å². The lowest BCUT2D eigenvalue weighted by atomic mass is 10.1. The van der Waals surface area contributed by atoms with E-state index in [9.17, 15) is 4.79 Å². The molecule has 0 spiro atoms. The first-order valence-electron chi connectivity index (χ1n) is 6.75. The summed E-state index contributed by atoms with van der Waals surface area (Å²) in [7, 11) is 0. The molecule has 0 unspecified atom stereocenters. The summed E-state index contributed by atoms with van der Waals surface area (Å²) in [6.45, 7) is 1.51. The molecule has 2 N–H and O–H groups in total. The summed E-state index contributed by atoms with van der Waals surface area (Å²) in [5.74, 6) is 1.00. The van der Waals surface area contributed by atoms with Crippen molar-refractivity contribution in [2.75, 3.05) is 23.3 Å². The zero-order valence-electron chi connectivity index (χ0n) is 11.3. The fraction of sp³-hybridized carbons (Fsp3) is 0.385. The lowest BCUT2D eigenvalue weighted by Crippen LogP contribution is -2.44. The van der Waals surface area contributed by atoms with Crippen LogP contribution < -0.4 is 15.8 Å². The van der Waals surface area contributed by atoms with Crippen LogP contribution in [0.5, 0.6) is 0 Å². The molecule has 0 amide bonds. The molecular weight excluding hydrogens is 292 g/mol. The van der Waals surface area contributed by atoms with Crippen LogP contribution in [0.25, 0.3) is 0 Å². The van der Waals surface area contributed by atoms with Crippen molar-refractivity contribution in [2.45, 2.75) is 18.9 Å². The van der Waals surface area contributed by atoms with Crippen LogP contribution in [-0.2, 0) is 0 Å². The van der Waals surface area contributed by atoms with Crippen LogP contribution in [0, 0.1) is 0 Å². The molecule has 1 atom stereocenters. The van der Waals surface area contributed by atoms with Gasteiger partial charge in [0.05, 0.1) is 17.4 Å². The molecule has 2 aromatic rings. The average Bonchev–Trinajstić information content (AvgIpc) is 2.50. The van der Waals surface area contributed by atoms with E-state index in [2.05, 4.69) is 25.3 Å². The third-order valence-electron chi connectivity index (χ3n) is 3.36. The molecule has 0 aliphatic carbocycles. The molecule has 110 valence electrons. The number of aromatic amines is 1. The minimum atomic E-state index is -0.166. The average molecular weight is 307 g/mol. The summed E-state index contributed by atoms with van der Waals surface area (Å²) >= 11 is 5.77. The highest BCUT2D eigenvalue weighted by atomic mass is 35.5. The van der Waals surface area contributed by atoms with Crippen molar-refractivity contribution in [3.63, 3.8) is 0 Å². The second-order valence-corrected chi connectivity index (χ2v) is 5.33. The zero-order valence-corrected chi connectivity index (χ0v) is 12.0. The highest BCUT2D eigenvalue weighted by Gasteiger charge is 2.22. The molecule has 2 aromatic heterocycles. The maximum atomic E-state index is 11.8. The number of hydrogen-bond acceptors (Lipinski definition) is 6. The van der Waals surface area contributed by atoms with Gasteiger partial charge in [-0.05, 0) is 12.8 Å². The Kier molecular flexibility index (Phi) is 4.01. The van der Waals surface area contributed by atoms with Gasteiger partial charge >= 0.3 is 0 Å². The van der Waals surface area contributed by atoms with Crippen molar-refractivity contribution in [2.24, 2.45) is 0 Å². The van der Waals surface area contributed by atoms with Crippen molar-refractivity contribution < 1.29 is 0 Å². The molecular formula is C13H15ClN6O. The minimum absolute atomic E-state index is 0.166. The molecule has 0 saturated carbocycles. The van der Waals surface area contributed by atoms with Gasteiger partial charge in [-0.3, -0.25) is 4.79 Å². The van der Waals surface area contributed by atoms with E-state index in [-0.39, 0.29) is 11.6 Å². The van der Waals surface area contributed by atoms with Crippen LogP contribution in [0.2, 0.25) is 5.02 Å². The topological polar surface area (TPSA) is 86.8 Å². The van der Waals surface area contributed by atoms with Crippen LogP contribution in [0.4, 0.5) is 11.8 Å². The van der Waals surface area contributed by atoms with Crippen molar-refractivity contribution in [1.82, 2.24) is 19.9 Å². The number of aromatic nitrogens is 4. The van der Waals surface area contributed by atoms with E-state index in [1.807, 2.05) is 4.90 Å². The minimum Gasteiger partial charge on any atom is -0.350 e. The summed E-state index contributed by atoms with van der Waals surface area (Å²) in [5, 5.41) is 3.77. The predicted molar refractivity (Wildman–Crippen MR) is 80.8 cm³/mol. The van der Waals surface area contributed by atoms with Gasteiger partial charge in [0.1, 0.15) is 0 Å². The van der Waals surface area contributed by atoms with Crippen LogP contribution in [-0.4, -0.2) is 39.1 Å². The predicted octanol–water partition coefficient (Wildman–Crippen LogP) is 1.29. The number of piperidine rings is 1. The van der Waals surface area contributed by atoms with E-state index in [0.29, 0.717) is 23.3 Å². The third-order valence-corrected chi connectivity index (χ3v) is 3.56. The van der Waals surface area contributed by atoms with Gasteiger partial charge in [-0.25, -0.2) is 15.0 Å². The highest BCUT2D eigenvalue weighted by Crippen LogP contribution is 2.17. The molecule has 1 aliphatic heterocycles. The number of anilines is 2. The summed E-state index contributed by atoms with van der Waals surface area (Å²) in [6.07, 6.45) is 8.21. The van der Waals surface area contributed by atoms with Crippen LogP contribution in [0.1, 0.15) is 12.8 Å². The third kappa shape index (κ3) is 3.30. The van der Waals surface area contributed by atoms with Crippen molar-refractivity contribution in [3.05, 3.63) is 40.2 Å². The molecule has 8 heteroatoms.